The molecule has 0 aliphatic carbocycles. The van der Waals surface area contributed by atoms with Crippen molar-refractivity contribution in [3.63, 3.8) is 0 Å². The SMILES string of the molecule is C/C=C\[C@@H](C)[C@H](O[Si](C)(C)C(C)(C)C)[C@@H](C)C(=O)C(C)(C)[C@H](CC(=O)O)O[Si](C)(C)C(C)(C)C. The van der Waals surface area contributed by atoms with E-state index in [2.05, 4.69) is 80.7 Å². The van der Waals surface area contributed by atoms with Gasteiger partial charge in [-0.1, -0.05) is 81.4 Å². The topological polar surface area (TPSA) is 72.8 Å². The number of carboxylic acids is 1. The van der Waals surface area contributed by atoms with Gasteiger partial charge in [-0.3, -0.25) is 9.59 Å². The summed E-state index contributed by atoms with van der Waals surface area (Å²) in [5.41, 5.74) is -0.974. The second kappa shape index (κ2) is 11.5. The Morgan fingerprint density at radius 2 is 1.26 bits per heavy atom. The van der Waals surface area contributed by atoms with Crippen molar-refractivity contribution < 1.29 is 23.5 Å². The Bertz CT molecular complexity index is 726. The fourth-order valence-electron chi connectivity index (χ4n) is 3.62. The van der Waals surface area contributed by atoms with E-state index in [0.29, 0.717) is 0 Å². The number of hydrogen-bond acceptors (Lipinski definition) is 4. The molecule has 7 heteroatoms. The molecule has 0 fully saturated rings. The first-order chi connectivity index (χ1) is 14.9. The van der Waals surface area contributed by atoms with Gasteiger partial charge in [0.1, 0.15) is 5.78 Å². The van der Waals surface area contributed by atoms with Crippen LogP contribution in [0, 0.1) is 17.3 Å². The van der Waals surface area contributed by atoms with Crippen molar-refractivity contribution in [2.75, 3.05) is 0 Å². The Kier molecular flexibility index (Phi) is 11.3. The van der Waals surface area contributed by atoms with E-state index < -0.39 is 40.0 Å². The molecule has 0 amide bonds. The van der Waals surface area contributed by atoms with Gasteiger partial charge < -0.3 is 14.0 Å². The average Bonchev–Trinajstić information content (AvgIpc) is 2.62. The van der Waals surface area contributed by atoms with Crippen LogP contribution in [0.1, 0.15) is 82.6 Å². The average molecular weight is 515 g/mol. The molecular weight excluding hydrogens is 460 g/mol. The van der Waals surface area contributed by atoms with Crippen LogP contribution in [-0.2, 0) is 18.4 Å². The van der Waals surface area contributed by atoms with Crippen LogP contribution in [0.4, 0.5) is 0 Å². The highest BCUT2D eigenvalue weighted by Gasteiger charge is 2.49. The van der Waals surface area contributed by atoms with E-state index in [1.165, 1.54) is 0 Å². The van der Waals surface area contributed by atoms with Gasteiger partial charge in [0.15, 0.2) is 16.6 Å². The Morgan fingerprint density at radius 1 is 0.853 bits per heavy atom. The lowest BCUT2D eigenvalue weighted by Gasteiger charge is -2.46. The van der Waals surface area contributed by atoms with Crippen LogP contribution in [0.2, 0.25) is 36.3 Å². The van der Waals surface area contributed by atoms with Crippen LogP contribution in [0.15, 0.2) is 12.2 Å². The number of carboxylic acid groups (broad SMARTS) is 1. The maximum atomic E-state index is 14.1. The highest BCUT2D eigenvalue weighted by atomic mass is 28.4. The van der Waals surface area contributed by atoms with Gasteiger partial charge in [0.2, 0.25) is 0 Å². The standard InChI is InChI=1S/C27H54O5Si2/c1-16-17-19(2)23(32-34(14,15)26(7,8)9)20(3)24(30)27(10,11)21(18-22(28)29)31-33(12,13)25(4,5)6/h16-17,19-21,23H,18H2,1-15H3,(H,28,29)/b17-16-/t19-,20-,21+,23+/m1/s1. The molecular formula is C27H54O5Si2. The zero-order valence-electron chi connectivity index (χ0n) is 24.8. The van der Waals surface area contributed by atoms with E-state index in [1.54, 1.807) is 0 Å². The first-order valence-corrected chi connectivity index (χ1v) is 18.5. The number of aliphatic carboxylic acids is 1. The summed E-state index contributed by atoms with van der Waals surface area (Å²) < 4.78 is 13.4. The molecule has 5 nitrogen and oxygen atoms in total. The van der Waals surface area contributed by atoms with Crippen molar-refractivity contribution >= 4 is 28.4 Å². The summed E-state index contributed by atoms with van der Waals surface area (Å²) in [5, 5.41) is 9.59. The van der Waals surface area contributed by atoms with Crippen molar-refractivity contribution in [2.24, 2.45) is 17.3 Å². The van der Waals surface area contributed by atoms with Gasteiger partial charge in [-0.05, 0) is 49.1 Å². The fourth-order valence-corrected chi connectivity index (χ4v) is 6.52. The number of allylic oxidation sites excluding steroid dienone is 1. The van der Waals surface area contributed by atoms with Gasteiger partial charge in [-0.25, -0.2) is 0 Å². The molecule has 4 atom stereocenters. The minimum atomic E-state index is -2.30. The van der Waals surface area contributed by atoms with Crippen molar-refractivity contribution in [3.8, 4) is 0 Å². The highest BCUT2D eigenvalue weighted by Crippen LogP contribution is 2.43. The molecule has 0 aromatic heterocycles. The molecule has 0 saturated carbocycles. The summed E-state index contributed by atoms with van der Waals surface area (Å²) in [6.07, 6.45) is 2.91. The normalized spacial score (nSPS) is 18.0. The molecule has 0 aromatic carbocycles. The zero-order chi connectivity index (χ0) is 27.5. The van der Waals surface area contributed by atoms with Crippen molar-refractivity contribution in [1.82, 2.24) is 0 Å². The molecule has 0 rings (SSSR count). The molecule has 0 aliphatic heterocycles. The second-order valence-electron chi connectivity index (χ2n) is 13.6. The number of carbonyl (C=O) groups excluding carboxylic acids is 1. The van der Waals surface area contributed by atoms with E-state index in [0.717, 1.165) is 0 Å². The van der Waals surface area contributed by atoms with E-state index in [1.807, 2.05) is 33.8 Å². The maximum absolute atomic E-state index is 14.1. The van der Waals surface area contributed by atoms with E-state index in [4.69, 9.17) is 8.85 Å². The smallest absolute Gasteiger partial charge is 0.305 e. The number of rotatable bonds is 12. The Morgan fingerprint density at radius 3 is 1.62 bits per heavy atom. The molecule has 0 unspecified atom stereocenters. The van der Waals surface area contributed by atoms with Crippen LogP contribution >= 0.6 is 0 Å². The van der Waals surface area contributed by atoms with Crippen molar-refractivity contribution in [2.45, 2.75) is 131 Å². The largest absolute Gasteiger partial charge is 0.481 e. The lowest BCUT2D eigenvalue weighted by atomic mass is 9.73. The minimum Gasteiger partial charge on any atom is -0.481 e. The zero-order valence-corrected chi connectivity index (χ0v) is 26.8. The van der Waals surface area contributed by atoms with Gasteiger partial charge in [0.25, 0.3) is 0 Å². The summed E-state index contributed by atoms with van der Waals surface area (Å²) in [6, 6.07) is 0. The molecule has 0 aliphatic rings. The van der Waals surface area contributed by atoms with Gasteiger partial charge in [0, 0.05) is 11.3 Å². The van der Waals surface area contributed by atoms with Crippen molar-refractivity contribution in [1.29, 1.82) is 0 Å². The van der Waals surface area contributed by atoms with Crippen molar-refractivity contribution in [3.05, 3.63) is 12.2 Å². The Balaban J connectivity index is 6.32. The second-order valence-corrected chi connectivity index (χ2v) is 23.1. The van der Waals surface area contributed by atoms with Crippen LogP contribution in [0.5, 0.6) is 0 Å². The van der Waals surface area contributed by atoms with E-state index >= 15 is 0 Å². The minimum absolute atomic E-state index is 0.00229. The number of carbonyl (C=O) groups is 2. The quantitative estimate of drug-likeness (QED) is 0.213. The molecule has 1 N–H and O–H groups in total. The molecule has 0 saturated heterocycles. The van der Waals surface area contributed by atoms with Gasteiger partial charge >= 0.3 is 5.97 Å². The first kappa shape index (κ1) is 33.2. The molecule has 200 valence electrons. The molecule has 0 aromatic rings. The molecule has 0 bridgehead atoms. The third-order valence-electron chi connectivity index (χ3n) is 8.20. The fraction of sp³-hybridized carbons (Fsp3) is 0.852. The van der Waals surface area contributed by atoms with Crippen LogP contribution < -0.4 is 0 Å². The highest BCUT2D eigenvalue weighted by molar-refractivity contribution is 6.74. The lowest BCUT2D eigenvalue weighted by molar-refractivity contribution is -0.146. The van der Waals surface area contributed by atoms with Gasteiger partial charge in [-0.2, -0.15) is 0 Å². The first-order valence-electron chi connectivity index (χ1n) is 12.7. The molecule has 0 heterocycles. The monoisotopic (exact) mass is 514 g/mol. The summed E-state index contributed by atoms with van der Waals surface area (Å²) in [6.45, 7) is 31.3. The summed E-state index contributed by atoms with van der Waals surface area (Å²) in [5.74, 6) is -1.31. The summed E-state index contributed by atoms with van der Waals surface area (Å²) in [4.78, 5) is 25.9. The molecule has 34 heavy (non-hydrogen) atoms. The van der Waals surface area contributed by atoms with E-state index in [9.17, 15) is 14.7 Å². The van der Waals surface area contributed by atoms with Crippen LogP contribution in [-0.4, -0.2) is 45.7 Å². The molecule has 0 spiro atoms. The number of hydrogen-bond donors (Lipinski definition) is 1. The summed E-state index contributed by atoms with van der Waals surface area (Å²) in [7, 11) is -4.45. The number of Topliss-reactive ketones (excluding diaryl/α,β-unsaturated/α-hetero) is 1. The van der Waals surface area contributed by atoms with Gasteiger partial charge in [-0.15, -0.1) is 0 Å². The third kappa shape index (κ3) is 8.42. The number of ketones is 1. The molecule has 0 radical (unpaired) electrons. The van der Waals surface area contributed by atoms with Crippen LogP contribution in [0.3, 0.4) is 0 Å². The Labute approximate surface area is 212 Å². The third-order valence-corrected chi connectivity index (χ3v) is 17.2. The summed E-state index contributed by atoms with van der Waals surface area (Å²) >= 11 is 0. The predicted octanol–water partition coefficient (Wildman–Crippen LogP) is 7.69. The lowest BCUT2D eigenvalue weighted by Crippen LogP contribution is -2.54. The van der Waals surface area contributed by atoms with Crippen LogP contribution in [0.25, 0.3) is 0 Å². The van der Waals surface area contributed by atoms with E-state index in [-0.39, 0.29) is 34.3 Å². The Hall–Kier alpha value is -0.766. The maximum Gasteiger partial charge on any atom is 0.305 e. The van der Waals surface area contributed by atoms with Gasteiger partial charge in [0.05, 0.1) is 18.6 Å². The predicted molar refractivity (Wildman–Crippen MR) is 148 cm³/mol.